The van der Waals surface area contributed by atoms with Gasteiger partial charge in [-0.25, -0.2) is 0 Å². The summed E-state index contributed by atoms with van der Waals surface area (Å²) < 4.78 is 3.88. The molecule has 3 N–H and O–H groups in total. The van der Waals surface area contributed by atoms with Crippen LogP contribution in [0.5, 0.6) is 0 Å². The summed E-state index contributed by atoms with van der Waals surface area (Å²) in [7, 11) is 0. The summed E-state index contributed by atoms with van der Waals surface area (Å²) in [4.78, 5) is 12.6. The van der Waals surface area contributed by atoms with Gasteiger partial charge in [-0.3, -0.25) is 4.79 Å². The molecular weight excluding hydrogens is 377 g/mol. The molecule has 1 aliphatic carbocycles. The van der Waals surface area contributed by atoms with Crippen LogP contribution in [0.2, 0.25) is 10.2 Å². The van der Waals surface area contributed by atoms with Crippen LogP contribution in [0, 0.1) is 0 Å². The van der Waals surface area contributed by atoms with E-state index in [4.69, 9.17) is 28.9 Å². The van der Waals surface area contributed by atoms with Gasteiger partial charge >= 0.3 is 0 Å². The van der Waals surface area contributed by atoms with E-state index in [0.29, 0.717) is 11.4 Å². The van der Waals surface area contributed by atoms with Crippen molar-refractivity contribution < 1.29 is 4.79 Å². The number of nitrogens with two attached hydrogens (primary N) is 1. The minimum absolute atomic E-state index is 0. The third-order valence-corrected chi connectivity index (χ3v) is 5.99. The summed E-state index contributed by atoms with van der Waals surface area (Å²) >= 11 is 12.8. The lowest BCUT2D eigenvalue weighted by Crippen LogP contribution is -2.56. The van der Waals surface area contributed by atoms with Crippen LogP contribution in [0.3, 0.4) is 0 Å². The molecule has 0 aliphatic heterocycles. The second-order valence-electron chi connectivity index (χ2n) is 5.55. The summed E-state index contributed by atoms with van der Waals surface area (Å²) in [5.74, 6) is -0.224. The van der Waals surface area contributed by atoms with E-state index in [0.717, 1.165) is 24.4 Å². The normalized spacial score (nSPS) is 22.8. The van der Waals surface area contributed by atoms with Crippen LogP contribution in [0.25, 0.3) is 0 Å². The molecule has 0 bridgehead atoms. The first-order valence-corrected chi connectivity index (χ1v) is 8.46. The SMILES string of the molecule is Cl.NCC1(c2ccccc2)CC(NC(=O)c2snc(Cl)c2Cl)C1. The molecule has 3 rings (SSSR count). The molecule has 0 radical (unpaired) electrons. The largest absolute Gasteiger partial charge is 0.348 e. The molecule has 1 aliphatic rings. The smallest absolute Gasteiger partial charge is 0.264 e. The molecule has 1 amide bonds. The lowest BCUT2D eigenvalue weighted by molar-refractivity contribution is 0.0871. The van der Waals surface area contributed by atoms with Crippen molar-refractivity contribution in [2.24, 2.45) is 5.73 Å². The predicted octanol–water partition coefficient (Wildman–Crippen LogP) is 3.66. The van der Waals surface area contributed by atoms with E-state index in [2.05, 4.69) is 21.8 Å². The van der Waals surface area contributed by atoms with E-state index in [1.54, 1.807) is 0 Å². The molecule has 124 valence electrons. The van der Waals surface area contributed by atoms with Crippen molar-refractivity contribution in [2.75, 3.05) is 6.54 Å². The molecular formula is C15H16Cl3N3OS. The number of carbonyl (C=O) groups excluding carboxylic acids is 1. The quantitative estimate of drug-likeness (QED) is 0.834. The van der Waals surface area contributed by atoms with Crippen molar-refractivity contribution in [3.8, 4) is 0 Å². The number of nitrogens with one attached hydrogen (secondary N) is 1. The molecule has 23 heavy (non-hydrogen) atoms. The molecule has 4 nitrogen and oxygen atoms in total. The molecule has 0 atom stereocenters. The van der Waals surface area contributed by atoms with E-state index in [1.165, 1.54) is 5.56 Å². The highest BCUT2D eigenvalue weighted by atomic mass is 35.5. The third-order valence-electron chi connectivity index (χ3n) is 4.19. The van der Waals surface area contributed by atoms with Gasteiger partial charge in [0.25, 0.3) is 5.91 Å². The number of aromatic nitrogens is 1. The van der Waals surface area contributed by atoms with Crippen molar-refractivity contribution in [3.05, 3.63) is 50.9 Å². The third kappa shape index (κ3) is 3.49. The van der Waals surface area contributed by atoms with Gasteiger partial charge in [-0.2, -0.15) is 4.37 Å². The van der Waals surface area contributed by atoms with Gasteiger partial charge in [0.2, 0.25) is 0 Å². The van der Waals surface area contributed by atoms with Crippen LogP contribution in [0.4, 0.5) is 0 Å². The van der Waals surface area contributed by atoms with Crippen LogP contribution in [0.15, 0.2) is 30.3 Å². The van der Waals surface area contributed by atoms with E-state index in [9.17, 15) is 4.79 Å². The number of hydrogen-bond acceptors (Lipinski definition) is 4. The first kappa shape index (κ1) is 18.5. The van der Waals surface area contributed by atoms with E-state index in [-0.39, 0.29) is 39.9 Å². The van der Waals surface area contributed by atoms with Gasteiger partial charge in [0.05, 0.1) is 0 Å². The number of hydrogen-bond donors (Lipinski definition) is 2. The second kappa shape index (κ2) is 7.36. The Morgan fingerprint density at radius 1 is 1.35 bits per heavy atom. The number of rotatable bonds is 4. The highest BCUT2D eigenvalue weighted by molar-refractivity contribution is 7.09. The zero-order valence-electron chi connectivity index (χ0n) is 12.1. The average Bonchev–Trinajstić information content (AvgIpc) is 2.83. The standard InChI is InChI=1S/C15H15Cl2N3OS.ClH/c16-11-12(22-20-13(11)17)14(21)19-10-6-15(7-10,8-18)9-4-2-1-3-5-9;/h1-5,10H,6-8,18H2,(H,19,21);1H. The zero-order chi connectivity index (χ0) is 15.7. The van der Waals surface area contributed by atoms with Crippen molar-refractivity contribution in [1.82, 2.24) is 9.69 Å². The Labute approximate surface area is 154 Å². The topological polar surface area (TPSA) is 68.0 Å². The summed E-state index contributed by atoms with van der Waals surface area (Å²) in [5, 5.41) is 3.37. The molecule has 1 heterocycles. The van der Waals surface area contributed by atoms with Gasteiger partial charge in [-0.15, -0.1) is 12.4 Å². The fourth-order valence-electron chi connectivity index (χ4n) is 2.95. The second-order valence-corrected chi connectivity index (χ2v) is 7.05. The molecule has 0 saturated heterocycles. The van der Waals surface area contributed by atoms with Crippen LogP contribution < -0.4 is 11.1 Å². The van der Waals surface area contributed by atoms with Gasteiger partial charge in [-0.1, -0.05) is 53.5 Å². The molecule has 1 fully saturated rings. The van der Waals surface area contributed by atoms with Crippen LogP contribution in [0.1, 0.15) is 28.1 Å². The highest BCUT2D eigenvalue weighted by Crippen LogP contribution is 2.43. The maximum atomic E-state index is 12.2. The first-order valence-electron chi connectivity index (χ1n) is 6.93. The zero-order valence-corrected chi connectivity index (χ0v) is 15.2. The molecule has 1 aromatic carbocycles. The number of carbonyl (C=O) groups is 1. The van der Waals surface area contributed by atoms with Crippen LogP contribution >= 0.6 is 47.1 Å². The van der Waals surface area contributed by atoms with Gasteiger partial charge in [0.1, 0.15) is 9.90 Å². The van der Waals surface area contributed by atoms with E-state index < -0.39 is 0 Å². The first-order chi connectivity index (χ1) is 10.6. The average molecular weight is 393 g/mol. The van der Waals surface area contributed by atoms with Gasteiger partial charge < -0.3 is 11.1 Å². The van der Waals surface area contributed by atoms with E-state index >= 15 is 0 Å². The molecule has 0 unspecified atom stereocenters. The highest BCUT2D eigenvalue weighted by Gasteiger charge is 2.45. The van der Waals surface area contributed by atoms with Gasteiger partial charge in [-0.05, 0) is 29.9 Å². The summed E-state index contributed by atoms with van der Waals surface area (Å²) in [6, 6.07) is 10.3. The molecule has 8 heteroatoms. The molecule has 1 saturated carbocycles. The fraction of sp³-hybridized carbons (Fsp3) is 0.333. The lowest BCUT2D eigenvalue weighted by atomic mass is 9.61. The number of nitrogens with zero attached hydrogens (tertiary/aromatic N) is 1. The van der Waals surface area contributed by atoms with Crippen molar-refractivity contribution >= 4 is 53.0 Å². The van der Waals surface area contributed by atoms with Crippen LogP contribution in [-0.2, 0) is 5.41 Å². The predicted molar refractivity (Wildman–Crippen MR) is 97.0 cm³/mol. The van der Waals surface area contributed by atoms with Crippen molar-refractivity contribution in [3.63, 3.8) is 0 Å². The Kier molecular flexibility index (Phi) is 5.92. The Hall–Kier alpha value is -0.850. The summed E-state index contributed by atoms with van der Waals surface area (Å²) in [5.41, 5.74) is 7.15. The number of amides is 1. The lowest BCUT2D eigenvalue weighted by Gasteiger charge is -2.47. The Morgan fingerprint density at radius 2 is 2.00 bits per heavy atom. The van der Waals surface area contributed by atoms with Crippen molar-refractivity contribution in [2.45, 2.75) is 24.3 Å². The summed E-state index contributed by atoms with van der Waals surface area (Å²) in [6.45, 7) is 0.566. The minimum atomic E-state index is -0.224. The Balaban J connectivity index is 0.00000192. The van der Waals surface area contributed by atoms with Gasteiger partial charge in [0.15, 0.2) is 5.15 Å². The Morgan fingerprint density at radius 3 is 2.52 bits per heavy atom. The molecule has 1 aromatic heterocycles. The minimum Gasteiger partial charge on any atom is -0.348 e. The summed E-state index contributed by atoms with van der Waals surface area (Å²) in [6.07, 6.45) is 1.65. The Bertz CT molecular complexity index is 687. The van der Waals surface area contributed by atoms with Gasteiger partial charge in [0, 0.05) is 18.0 Å². The monoisotopic (exact) mass is 391 g/mol. The number of benzene rings is 1. The maximum Gasteiger partial charge on any atom is 0.264 e. The number of halogens is 3. The molecule has 2 aromatic rings. The fourth-order valence-corrected chi connectivity index (χ4v) is 4.07. The van der Waals surface area contributed by atoms with E-state index in [1.807, 2.05) is 18.2 Å². The van der Waals surface area contributed by atoms with Crippen molar-refractivity contribution in [1.29, 1.82) is 0 Å². The maximum absolute atomic E-state index is 12.2. The molecule has 0 spiro atoms. The van der Waals surface area contributed by atoms with Crippen LogP contribution in [-0.4, -0.2) is 22.9 Å².